The molecule has 1 aliphatic rings. The summed E-state index contributed by atoms with van der Waals surface area (Å²) in [6.45, 7) is 1.66. The molecule has 0 radical (unpaired) electrons. The van der Waals surface area contributed by atoms with Gasteiger partial charge in [0.1, 0.15) is 11.5 Å². The fourth-order valence-corrected chi connectivity index (χ4v) is 2.50. The minimum absolute atomic E-state index is 0.275. The van der Waals surface area contributed by atoms with Crippen molar-refractivity contribution in [3.8, 4) is 11.5 Å². The Bertz CT molecular complexity index is 366. The predicted octanol–water partition coefficient (Wildman–Crippen LogP) is 2.00. The highest BCUT2D eigenvalue weighted by atomic mass is 16.5. The average Bonchev–Trinajstić information content (AvgIpc) is 2.93. The van der Waals surface area contributed by atoms with Crippen LogP contribution in [0.1, 0.15) is 18.0 Å². The van der Waals surface area contributed by atoms with Gasteiger partial charge in [-0.15, -0.1) is 0 Å². The Kier molecular flexibility index (Phi) is 4.44. The van der Waals surface area contributed by atoms with Crippen LogP contribution in [-0.2, 0) is 4.74 Å². The SMILES string of the molecule is CNC(c1cc(OC)cc(OC)c1)C1CCOC1. The van der Waals surface area contributed by atoms with Gasteiger partial charge in [0.25, 0.3) is 0 Å². The van der Waals surface area contributed by atoms with Gasteiger partial charge in [-0.05, 0) is 31.2 Å². The first-order valence-electron chi connectivity index (χ1n) is 6.26. The van der Waals surface area contributed by atoms with Crippen LogP contribution in [0.15, 0.2) is 18.2 Å². The van der Waals surface area contributed by atoms with E-state index in [1.807, 2.05) is 13.1 Å². The van der Waals surface area contributed by atoms with Gasteiger partial charge in [-0.25, -0.2) is 0 Å². The summed E-state index contributed by atoms with van der Waals surface area (Å²) in [6, 6.07) is 6.28. The number of hydrogen-bond acceptors (Lipinski definition) is 4. The Labute approximate surface area is 108 Å². The fraction of sp³-hybridized carbons (Fsp3) is 0.571. The lowest BCUT2D eigenvalue weighted by Crippen LogP contribution is -2.25. The zero-order chi connectivity index (χ0) is 13.0. The van der Waals surface area contributed by atoms with Crippen molar-refractivity contribution in [3.05, 3.63) is 23.8 Å². The summed E-state index contributed by atoms with van der Waals surface area (Å²) < 4.78 is 16.1. The molecule has 1 heterocycles. The Balaban J connectivity index is 2.28. The van der Waals surface area contributed by atoms with Crippen molar-refractivity contribution in [1.29, 1.82) is 0 Å². The van der Waals surface area contributed by atoms with Gasteiger partial charge in [-0.3, -0.25) is 0 Å². The van der Waals surface area contributed by atoms with E-state index in [9.17, 15) is 0 Å². The lowest BCUT2D eigenvalue weighted by atomic mass is 9.92. The van der Waals surface area contributed by atoms with Gasteiger partial charge in [-0.2, -0.15) is 0 Å². The largest absolute Gasteiger partial charge is 0.497 e. The molecule has 1 aromatic carbocycles. The van der Waals surface area contributed by atoms with Gasteiger partial charge in [0, 0.05) is 24.6 Å². The lowest BCUT2D eigenvalue weighted by Gasteiger charge is -2.23. The molecule has 1 aromatic rings. The molecule has 2 unspecified atom stereocenters. The standard InChI is InChI=1S/C14H21NO3/c1-15-14(10-4-5-18-9-10)11-6-12(16-2)8-13(7-11)17-3/h6-8,10,14-15H,4-5,9H2,1-3H3. The summed E-state index contributed by atoms with van der Waals surface area (Å²) in [5.74, 6) is 2.15. The maximum Gasteiger partial charge on any atom is 0.122 e. The van der Waals surface area contributed by atoms with E-state index in [2.05, 4.69) is 17.4 Å². The number of nitrogens with one attached hydrogen (secondary N) is 1. The molecule has 1 aliphatic heterocycles. The first-order chi connectivity index (χ1) is 8.78. The van der Waals surface area contributed by atoms with Crippen LogP contribution in [-0.4, -0.2) is 34.5 Å². The van der Waals surface area contributed by atoms with Crippen LogP contribution in [0.2, 0.25) is 0 Å². The van der Waals surface area contributed by atoms with E-state index in [-0.39, 0.29) is 6.04 Å². The van der Waals surface area contributed by atoms with Gasteiger partial charge < -0.3 is 19.5 Å². The second-order valence-corrected chi connectivity index (χ2v) is 4.54. The molecule has 4 nitrogen and oxygen atoms in total. The molecule has 0 aliphatic carbocycles. The third-order valence-corrected chi connectivity index (χ3v) is 3.48. The third kappa shape index (κ3) is 2.76. The molecule has 2 rings (SSSR count). The first-order valence-corrected chi connectivity index (χ1v) is 6.26. The Morgan fingerprint density at radius 3 is 2.33 bits per heavy atom. The maximum absolute atomic E-state index is 5.47. The van der Waals surface area contributed by atoms with Crippen LogP contribution in [0.3, 0.4) is 0 Å². The first kappa shape index (κ1) is 13.2. The number of ether oxygens (including phenoxy) is 3. The molecule has 1 fully saturated rings. The number of benzene rings is 1. The van der Waals surface area contributed by atoms with Crippen molar-refractivity contribution in [2.75, 3.05) is 34.5 Å². The van der Waals surface area contributed by atoms with Gasteiger partial charge in [0.05, 0.1) is 20.8 Å². The topological polar surface area (TPSA) is 39.7 Å². The monoisotopic (exact) mass is 251 g/mol. The highest BCUT2D eigenvalue weighted by Crippen LogP contribution is 2.33. The molecule has 0 amide bonds. The normalized spacial score (nSPS) is 20.7. The van der Waals surface area contributed by atoms with E-state index in [0.29, 0.717) is 5.92 Å². The summed E-state index contributed by atoms with van der Waals surface area (Å²) >= 11 is 0. The quantitative estimate of drug-likeness (QED) is 0.869. The zero-order valence-electron chi connectivity index (χ0n) is 11.2. The summed E-state index contributed by atoms with van der Waals surface area (Å²) in [5.41, 5.74) is 1.18. The van der Waals surface area contributed by atoms with Crippen LogP contribution >= 0.6 is 0 Å². The summed E-state index contributed by atoms with van der Waals surface area (Å²) in [4.78, 5) is 0. The van der Waals surface area contributed by atoms with E-state index >= 15 is 0 Å². The third-order valence-electron chi connectivity index (χ3n) is 3.48. The van der Waals surface area contributed by atoms with E-state index < -0.39 is 0 Å². The van der Waals surface area contributed by atoms with Crippen LogP contribution in [0, 0.1) is 5.92 Å². The van der Waals surface area contributed by atoms with Gasteiger partial charge in [0.15, 0.2) is 0 Å². The highest BCUT2D eigenvalue weighted by Gasteiger charge is 2.26. The minimum atomic E-state index is 0.275. The van der Waals surface area contributed by atoms with Crippen molar-refractivity contribution < 1.29 is 14.2 Å². The van der Waals surface area contributed by atoms with Crippen molar-refractivity contribution in [2.24, 2.45) is 5.92 Å². The summed E-state index contributed by atoms with van der Waals surface area (Å²) in [5, 5.41) is 3.37. The molecule has 1 N–H and O–H groups in total. The molecule has 2 atom stereocenters. The van der Waals surface area contributed by atoms with Crippen molar-refractivity contribution in [1.82, 2.24) is 5.32 Å². The van der Waals surface area contributed by atoms with E-state index in [1.165, 1.54) is 5.56 Å². The van der Waals surface area contributed by atoms with Crippen LogP contribution in [0.4, 0.5) is 0 Å². The van der Waals surface area contributed by atoms with Gasteiger partial charge >= 0.3 is 0 Å². The van der Waals surface area contributed by atoms with Crippen molar-refractivity contribution in [3.63, 3.8) is 0 Å². The van der Waals surface area contributed by atoms with Crippen molar-refractivity contribution in [2.45, 2.75) is 12.5 Å². The fourth-order valence-electron chi connectivity index (χ4n) is 2.50. The molecule has 4 heteroatoms. The van der Waals surface area contributed by atoms with Crippen LogP contribution in [0.5, 0.6) is 11.5 Å². The van der Waals surface area contributed by atoms with E-state index in [1.54, 1.807) is 14.2 Å². The van der Waals surface area contributed by atoms with Crippen molar-refractivity contribution >= 4 is 0 Å². The molecule has 100 valence electrons. The van der Waals surface area contributed by atoms with Gasteiger partial charge in [-0.1, -0.05) is 0 Å². The number of rotatable bonds is 5. The molecule has 0 aromatic heterocycles. The average molecular weight is 251 g/mol. The number of hydrogen-bond donors (Lipinski definition) is 1. The van der Waals surface area contributed by atoms with E-state index in [4.69, 9.17) is 14.2 Å². The molecule has 0 spiro atoms. The van der Waals surface area contributed by atoms with Crippen LogP contribution < -0.4 is 14.8 Å². The molecule has 18 heavy (non-hydrogen) atoms. The highest BCUT2D eigenvalue weighted by molar-refractivity contribution is 5.40. The second-order valence-electron chi connectivity index (χ2n) is 4.54. The second kappa shape index (κ2) is 6.07. The molecule has 0 saturated carbocycles. The zero-order valence-corrected chi connectivity index (χ0v) is 11.2. The summed E-state index contributed by atoms with van der Waals surface area (Å²) in [6.07, 6.45) is 1.09. The Morgan fingerprint density at radius 1 is 1.22 bits per heavy atom. The molecule has 1 saturated heterocycles. The predicted molar refractivity (Wildman–Crippen MR) is 70.3 cm³/mol. The minimum Gasteiger partial charge on any atom is -0.497 e. The number of methoxy groups -OCH3 is 2. The maximum atomic E-state index is 5.47. The molecular weight excluding hydrogens is 230 g/mol. The molecule has 0 bridgehead atoms. The van der Waals surface area contributed by atoms with Crippen LogP contribution in [0.25, 0.3) is 0 Å². The van der Waals surface area contributed by atoms with Gasteiger partial charge in [0.2, 0.25) is 0 Å². The Morgan fingerprint density at radius 2 is 1.89 bits per heavy atom. The summed E-state index contributed by atoms with van der Waals surface area (Å²) in [7, 11) is 5.33. The molecular formula is C14H21NO3. The smallest absolute Gasteiger partial charge is 0.122 e. The Hall–Kier alpha value is -1.26. The van der Waals surface area contributed by atoms with E-state index in [0.717, 1.165) is 31.1 Å². The lowest BCUT2D eigenvalue weighted by molar-refractivity contribution is 0.177.